The number of ether oxygens (including phenoxy) is 1. The normalized spacial score (nSPS) is 17.1. The van der Waals surface area contributed by atoms with E-state index in [1.54, 1.807) is 0 Å². The van der Waals surface area contributed by atoms with Gasteiger partial charge in [0.1, 0.15) is 0 Å². The second-order valence-corrected chi connectivity index (χ2v) is 4.28. The molecule has 0 aromatic rings. The van der Waals surface area contributed by atoms with Crippen LogP contribution in [0.1, 0.15) is 25.7 Å². The van der Waals surface area contributed by atoms with Crippen LogP contribution in [0.5, 0.6) is 0 Å². The standard InChI is InChI=1S/C11H23N3O2/c12-5-7-16-8-6-14(9-11(13)15)10-3-1-2-4-10/h10H,1-9,12H2,(H2,13,15). The Hall–Kier alpha value is -0.650. The molecule has 0 aromatic carbocycles. The summed E-state index contributed by atoms with van der Waals surface area (Å²) in [5, 5.41) is 0. The van der Waals surface area contributed by atoms with Crippen molar-refractivity contribution in [2.24, 2.45) is 11.5 Å². The first-order valence-electron chi connectivity index (χ1n) is 6.04. The monoisotopic (exact) mass is 229 g/mol. The average molecular weight is 229 g/mol. The molecule has 0 aliphatic heterocycles. The van der Waals surface area contributed by atoms with E-state index in [-0.39, 0.29) is 5.91 Å². The van der Waals surface area contributed by atoms with E-state index in [1.807, 2.05) is 0 Å². The van der Waals surface area contributed by atoms with Crippen LogP contribution in [0.2, 0.25) is 0 Å². The lowest BCUT2D eigenvalue weighted by atomic mass is 10.2. The minimum Gasteiger partial charge on any atom is -0.379 e. The van der Waals surface area contributed by atoms with Crippen LogP contribution >= 0.6 is 0 Å². The summed E-state index contributed by atoms with van der Waals surface area (Å²) in [5.74, 6) is -0.259. The zero-order chi connectivity index (χ0) is 11.8. The summed E-state index contributed by atoms with van der Waals surface area (Å²) in [5.41, 5.74) is 10.6. The smallest absolute Gasteiger partial charge is 0.231 e. The Bertz CT molecular complexity index is 205. The van der Waals surface area contributed by atoms with E-state index in [0.717, 1.165) is 6.54 Å². The number of rotatable bonds is 8. The first-order valence-corrected chi connectivity index (χ1v) is 6.04. The summed E-state index contributed by atoms with van der Waals surface area (Å²) < 4.78 is 5.34. The Morgan fingerprint density at radius 3 is 2.56 bits per heavy atom. The summed E-state index contributed by atoms with van der Waals surface area (Å²) in [4.78, 5) is 13.1. The summed E-state index contributed by atoms with van der Waals surface area (Å²) in [7, 11) is 0. The third-order valence-corrected chi connectivity index (χ3v) is 2.99. The minimum atomic E-state index is -0.259. The molecule has 0 atom stereocenters. The van der Waals surface area contributed by atoms with E-state index >= 15 is 0 Å². The molecule has 1 aliphatic rings. The zero-order valence-electron chi connectivity index (χ0n) is 9.86. The zero-order valence-corrected chi connectivity index (χ0v) is 9.86. The van der Waals surface area contributed by atoms with Crippen molar-refractivity contribution >= 4 is 5.91 Å². The van der Waals surface area contributed by atoms with Gasteiger partial charge in [-0.2, -0.15) is 0 Å². The molecule has 0 spiro atoms. The van der Waals surface area contributed by atoms with E-state index in [0.29, 0.717) is 32.3 Å². The first-order chi connectivity index (χ1) is 7.74. The maximum absolute atomic E-state index is 11.0. The molecule has 1 fully saturated rings. The van der Waals surface area contributed by atoms with Gasteiger partial charge in [-0.3, -0.25) is 9.69 Å². The molecule has 1 rings (SSSR count). The van der Waals surface area contributed by atoms with Gasteiger partial charge in [0.2, 0.25) is 5.91 Å². The highest BCUT2D eigenvalue weighted by Gasteiger charge is 2.23. The Balaban J connectivity index is 2.28. The van der Waals surface area contributed by atoms with Crippen LogP contribution in [0.15, 0.2) is 0 Å². The van der Waals surface area contributed by atoms with Gasteiger partial charge in [0, 0.05) is 19.1 Å². The van der Waals surface area contributed by atoms with Crippen molar-refractivity contribution in [1.29, 1.82) is 0 Å². The summed E-state index contributed by atoms with van der Waals surface area (Å²) in [6, 6.07) is 0.508. The first kappa shape index (κ1) is 13.4. The van der Waals surface area contributed by atoms with Gasteiger partial charge in [-0.15, -0.1) is 0 Å². The summed E-state index contributed by atoms with van der Waals surface area (Å²) >= 11 is 0. The lowest BCUT2D eigenvalue weighted by Gasteiger charge is -2.27. The van der Waals surface area contributed by atoms with Crippen molar-refractivity contribution in [3.05, 3.63) is 0 Å². The third-order valence-electron chi connectivity index (χ3n) is 2.99. The van der Waals surface area contributed by atoms with Crippen LogP contribution in [-0.2, 0) is 9.53 Å². The van der Waals surface area contributed by atoms with Gasteiger partial charge < -0.3 is 16.2 Å². The molecule has 0 radical (unpaired) electrons. The van der Waals surface area contributed by atoms with Crippen LogP contribution in [0.25, 0.3) is 0 Å². The largest absolute Gasteiger partial charge is 0.379 e. The van der Waals surface area contributed by atoms with Gasteiger partial charge in [-0.05, 0) is 12.8 Å². The molecule has 0 bridgehead atoms. The maximum atomic E-state index is 11.0. The lowest BCUT2D eigenvalue weighted by molar-refractivity contribution is -0.119. The van der Waals surface area contributed by atoms with Gasteiger partial charge in [-0.1, -0.05) is 12.8 Å². The van der Waals surface area contributed by atoms with Gasteiger partial charge >= 0.3 is 0 Å². The van der Waals surface area contributed by atoms with Crippen LogP contribution in [-0.4, -0.2) is 49.7 Å². The fourth-order valence-electron chi connectivity index (χ4n) is 2.23. The molecule has 0 unspecified atom stereocenters. The third kappa shape index (κ3) is 4.92. The van der Waals surface area contributed by atoms with Crippen LogP contribution < -0.4 is 11.5 Å². The highest BCUT2D eigenvalue weighted by molar-refractivity contribution is 5.75. The minimum absolute atomic E-state index is 0.259. The van der Waals surface area contributed by atoms with Crippen LogP contribution in [0, 0.1) is 0 Å². The molecule has 0 heterocycles. The predicted molar refractivity (Wildman–Crippen MR) is 62.9 cm³/mol. The van der Waals surface area contributed by atoms with E-state index in [9.17, 15) is 4.79 Å². The lowest BCUT2D eigenvalue weighted by Crippen LogP contribution is -2.42. The number of amides is 1. The molecule has 16 heavy (non-hydrogen) atoms. The number of primary amides is 1. The van der Waals surface area contributed by atoms with Gasteiger partial charge in [-0.25, -0.2) is 0 Å². The number of hydrogen-bond acceptors (Lipinski definition) is 4. The summed E-state index contributed by atoms with van der Waals surface area (Å²) in [6.45, 7) is 2.86. The number of nitrogens with zero attached hydrogens (tertiary/aromatic N) is 1. The SMILES string of the molecule is NCCOCCN(CC(N)=O)C1CCCC1. The van der Waals surface area contributed by atoms with E-state index in [2.05, 4.69) is 4.90 Å². The molecule has 94 valence electrons. The average Bonchev–Trinajstić information content (AvgIpc) is 2.75. The molecule has 4 N–H and O–H groups in total. The fourth-order valence-corrected chi connectivity index (χ4v) is 2.23. The van der Waals surface area contributed by atoms with Crippen molar-refractivity contribution < 1.29 is 9.53 Å². The Kier molecular flexibility index (Phi) is 6.37. The quantitative estimate of drug-likeness (QED) is 0.559. The highest BCUT2D eigenvalue weighted by atomic mass is 16.5. The topological polar surface area (TPSA) is 81.6 Å². The molecule has 1 saturated carbocycles. The number of carbonyl (C=O) groups is 1. The van der Waals surface area contributed by atoms with Crippen LogP contribution in [0.4, 0.5) is 0 Å². The molecule has 5 heteroatoms. The molecule has 1 amide bonds. The Labute approximate surface area is 97.1 Å². The number of nitrogens with two attached hydrogens (primary N) is 2. The second kappa shape index (κ2) is 7.60. The van der Waals surface area contributed by atoms with E-state index in [4.69, 9.17) is 16.2 Å². The van der Waals surface area contributed by atoms with Gasteiger partial charge in [0.25, 0.3) is 0 Å². The van der Waals surface area contributed by atoms with Crippen molar-refractivity contribution in [1.82, 2.24) is 4.90 Å². The highest BCUT2D eigenvalue weighted by Crippen LogP contribution is 2.22. The predicted octanol–water partition coefficient (Wildman–Crippen LogP) is -0.308. The molecule has 0 aromatic heterocycles. The van der Waals surface area contributed by atoms with Crippen molar-refractivity contribution in [2.45, 2.75) is 31.7 Å². The van der Waals surface area contributed by atoms with Crippen LogP contribution in [0.3, 0.4) is 0 Å². The Morgan fingerprint density at radius 2 is 2.00 bits per heavy atom. The maximum Gasteiger partial charge on any atom is 0.231 e. The number of hydrogen-bond donors (Lipinski definition) is 2. The van der Waals surface area contributed by atoms with Crippen molar-refractivity contribution in [2.75, 3.05) is 32.8 Å². The number of carbonyl (C=O) groups excluding carboxylic acids is 1. The van der Waals surface area contributed by atoms with Gasteiger partial charge in [0.15, 0.2) is 0 Å². The van der Waals surface area contributed by atoms with Crippen molar-refractivity contribution in [3.63, 3.8) is 0 Å². The molecular formula is C11H23N3O2. The fraction of sp³-hybridized carbons (Fsp3) is 0.909. The molecular weight excluding hydrogens is 206 g/mol. The van der Waals surface area contributed by atoms with E-state index in [1.165, 1.54) is 25.7 Å². The molecule has 1 aliphatic carbocycles. The summed E-state index contributed by atoms with van der Waals surface area (Å²) in [6.07, 6.45) is 4.85. The van der Waals surface area contributed by atoms with Gasteiger partial charge in [0.05, 0.1) is 19.8 Å². The Morgan fingerprint density at radius 1 is 1.31 bits per heavy atom. The van der Waals surface area contributed by atoms with E-state index < -0.39 is 0 Å². The molecule has 0 saturated heterocycles. The molecule has 5 nitrogen and oxygen atoms in total. The second-order valence-electron chi connectivity index (χ2n) is 4.28. The van der Waals surface area contributed by atoms with Crippen molar-refractivity contribution in [3.8, 4) is 0 Å².